The fourth-order valence-corrected chi connectivity index (χ4v) is 2.46. The van der Waals surface area contributed by atoms with Crippen LogP contribution in [0.1, 0.15) is 18.1 Å². The van der Waals surface area contributed by atoms with E-state index in [1.165, 1.54) is 13.0 Å². The molecule has 0 radical (unpaired) electrons. The van der Waals surface area contributed by atoms with Crippen molar-refractivity contribution in [2.24, 2.45) is 0 Å². The number of nitrogens with one attached hydrogen (secondary N) is 1. The van der Waals surface area contributed by atoms with E-state index < -0.39 is 11.7 Å². The molecule has 1 aromatic rings. The fraction of sp³-hybridized carbons (Fsp3) is 0.600. The van der Waals surface area contributed by atoms with Crippen LogP contribution in [-0.2, 0) is 10.9 Å². The first kappa shape index (κ1) is 16.1. The van der Waals surface area contributed by atoms with Crippen LogP contribution in [0, 0.1) is 6.92 Å². The van der Waals surface area contributed by atoms with Crippen LogP contribution >= 0.6 is 0 Å². The first-order valence-corrected chi connectivity index (χ1v) is 7.16. The quantitative estimate of drug-likeness (QED) is 0.924. The molecule has 2 rings (SSSR count). The van der Waals surface area contributed by atoms with Gasteiger partial charge in [0.2, 0.25) is 0 Å². The smallest absolute Gasteiger partial charge is 0.382 e. The van der Waals surface area contributed by atoms with E-state index in [0.717, 1.165) is 25.7 Å². The molecule has 118 valence electrons. The van der Waals surface area contributed by atoms with Gasteiger partial charge < -0.3 is 10.1 Å². The standard InChI is InChI=1S/C15H21F3N2O/c1-3-20-6-7-21-13(10-20)9-19-12-5-4-11(2)14(8-12)15(16,17)18/h4-5,8,13,19H,3,6-7,9-10H2,1-2H3. The summed E-state index contributed by atoms with van der Waals surface area (Å²) in [6, 6.07) is 4.33. The lowest BCUT2D eigenvalue weighted by atomic mass is 10.1. The molecule has 1 saturated heterocycles. The van der Waals surface area contributed by atoms with E-state index in [4.69, 9.17) is 4.74 Å². The van der Waals surface area contributed by atoms with E-state index >= 15 is 0 Å². The number of rotatable bonds is 4. The summed E-state index contributed by atoms with van der Waals surface area (Å²) >= 11 is 0. The lowest BCUT2D eigenvalue weighted by Crippen LogP contribution is -2.45. The van der Waals surface area contributed by atoms with Crippen LogP contribution < -0.4 is 5.32 Å². The topological polar surface area (TPSA) is 24.5 Å². The number of alkyl halides is 3. The van der Waals surface area contributed by atoms with Gasteiger partial charge in [-0.3, -0.25) is 4.90 Å². The molecule has 1 aliphatic heterocycles. The van der Waals surface area contributed by atoms with E-state index in [1.54, 1.807) is 6.07 Å². The van der Waals surface area contributed by atoms with Crippen molar-refractivity contribution in [3.8, 4) is 0 Å². The second kappa shape index (κ2) is 6.66. The molecule has 0 spiro atoms. The minimum Gasteiger partial charge on any atom is -0.382 e. The molecule has 0 amide bonds. The molecule has 3 nitrogen and oxygen atoms in total. The van der Waals surface area contributed by atoms with Gasteiger partial charge in [0.25, 0.3) is 0 Å². The summed E-state index contributed by atoms with van der Waals surface area (Å²) in [5.41, 5.74) is 0.122. The van der Waals surface area contributed by atoms with Gasteiger partial charge in [-0.15, -0.1) is 0 Å². The zero-order valence-corrected chi connectivity index (χ0v) is 12.3. The molecule has 1 atom stereocenters. The first-order chi connectivity index (χ1) is 9.90. The van der Waals surface area contributed by atoms with Crippen molar-refractivity contribution in [2.75, 3.05) is 38.1 Å². The summed E-state index contributed by atoms with van der Waals surface area (Å²) in [5.74, 6) is 0. The number of ether oxygens (including phenoxy) is 1. The van der Waals surface area contributed by atoms with Crippen LogP contribution in [0.4, 0.5) is 18.9 Å². The Morgan fingerprint density at radius 1 is 1.38 bits per heavy atom. The summed E-state index contributed by atoms with van der Waals surface area (Å²) in [6.45, 7) is 7.42. The second-order valence-electron chi connectivity index (χ2n) is 5.29. The number of morpholine rings is 1. The van der Waals surface area contributed by atoms with Crippen molar-refractivity contribution in [1.29, 1.82) is 0 Å². The maximum absolute atomic E-state index is 12.9. The van der Waals surface area contributed by atoms with Gasteiger partial charge in [0.05, 0.1) is 18.3 Å². The minimum absolute atomic E-state index is 0.00865. The van der Waals surface area contributed by atoms with Crippen molar-refractivity contribution in [3.63, 3.8) is 0 Å². The molecule has 21 heavy (non-hydrogen) atoms. The number of hydrogen-bond acceptors (Lipinski definition) is 3. The largest absolute Gasteiger partial charge is 0.416 e. The predicted octanol–water partition coefficient (Wildman–Crippen LogP) is 3.15. The maximum atomic E-state index is 12.9. The Kier molecular flexibility index (Phi) is 5.11. The Bertz CT molecular complexity index is 476. The predicted molar refractivity (Wildman–Crippen MR) is 76.5 cm³/mol. The van der Waals surface area contributed by atoms with Crippen LogP contribution in [0.3, 0.4) is 0 Å². The molecule has 1 aromatic carbocycles. The number of hydrogen-bond donors (Lipinski definition) is 1. The number of anilines is 1. The van der Waals surface area contributed by atoms with Gasteiger partial charge in [0.1, 0.15) is 0 Å². The Balaban J connectivity index is 1.97. The van der Waals surface area contributed by atoms with E-state index in [-0.39, 0.29) is 11.7 Å². The molecular weight excluding hydrogens is 281 g/mol. The molecule has 1 aliphatic rings. The Labute approximate surface area is 123 Å². The summed E-state index contributed by atoms with van der Waals surface area (Å²) in [6.07, 6.45) is -4.31. The highest BCUT2D eigenvalue weighted by molar-refractivity contribution is 5.49. The molecule has 6 heteroatoms. The Hall–Kier alpha value is -1.27. The molecule has 1 N–H and O–H groups in total. The lowest BCUT2D eigenvalue weighted by Gasteiger charge is -2.32. The average Bonchev–Trinajstić information content (AvgIpc) is 2.45. The highest BCUT2D eigenvalue weighted by Crippen LogP contribution is 2.33. The number of likely N-dealkylation sites (N-methyl/N-ethyl adjacent to an activating group) is 1. The van der Waals surface area contributed by atoms with Crippen LogP contribution in [0.25, 0.3) is 0 Å². The van der Waals surface area contributed by atoms with Gasteiger partial charge in [-0.05, 0) is 31.2 Å². The van der Waals surface area contributed by atoms with Gasteiger partial charge in [-0.1, -0.05) is 13.0 Å². The zero-order valence-electron chi connectivity index (χ0n) is 12.3. The SMILES string of the molecule is CCN1CCOC(CNc2ccc(C)c(C(F)(F)F)c2)C1. The molecular formula is C15H21F3N2O. The van der Waals surface area contributed by atoms with Crippen molar-refractivity contribution in [3.05, 3.63) is 29.3 Å². The average molecular weight is 302 g/mol. The van der Waals surface area contributed by atoms with Crippen LogP contribution in [0.15, 0.2) is 18.2 Å². The molecule has 1 heterocycles. The Morgan fingerprint density at radius 2 is 2.14 bits per heavy atom. The van der Waals surface area contributed by atoms with Crippen molar-refractivity contribution < 1.29 is 17.9 Å². The molecule has 1 unspecified atom stereocenters. The van der Waals surface area contributed by atoms with E-state index in [1.807, 2.05) is 0 Å². The van der Waals surface area contributed by atoms with Crippen molar-refractivity contribution >= 4 is 5.69 Å². The van der Waals surface area contributed by atoms with E-state index in [0.29, 0.717) is 18.8 Å². The van der Waals surface area contributed by atoms with Gasteiger partial charge in [-0.2, -0.15) is 13.2 Å². The number of aryl methyl sites for hydroxylation is 1. The summed E-state index contributed by atoms with van der Waals surface area (Å²) in [4.78, 5) is 2.27. The number of benzene rings is 1. The highest BCUT2D eigenvalue weighted by atomic mass is 19.4. The number of nitrogens with zero attached hydrogens (tertiary/aromatic N) is 1. The van der Waals surface area contributed by atoms with Crippen molar-refractivity contribution in [2.45, 2.75) is 26.1 Å². The second-order valence-corrected chi connectivity index (χ2v) is 5.29. The van der Waals surface area contributed by atoms with E-state index in [9.17, 15) is 13.2 Å². The third-order valence-electron chi connectivity index (χ3n) is 3.75. The lowest BCUT2D eigenvalue weighted by molar-refractivity contribution is -0.138. The van der Waals surface area contributed by atoms with Crippen LogP contribution in [-0.4, -0.2) is 43.8 Å². The third kappa shape index (κ3) is 4.35. The molecule has 0 aromatic heterocycles. The molecule has 1 fully saturated rings. The monoisotopic (exact) mass is 302 g/mol. The number of halogens is 3. The van der Waals surface area contributed by atoms with Crippen LogP contribution in [0.5, 0.6) is 0 Å². The third-order valence-corrected chi connectivity index (χ3v) is 3.75. The molecule has 0 aliphatic carbocycles. The van der Waals surface area contributed by atoms with Crippen molar-refractivity contribution in [1.82, 2.24) is 4.90 Å². The zero-order chi connectivity index (χ0) is 15.5. The normalized spacial score (nSPS) is 20.5. The molecule has 0 saturated carbocycles. The van der Waals surface area contributed by atoms with Gasteiger partial charge in [0.15, 0.2) is 0 Å². The summed E-state index contributed by atoms with van der Waals surface area (Å²) < 4.78 is 44.2. The maximum Gasteiger partial charge on any atom is 0.416 e. The van der Waals surface area contributed by atoms with Crippen LogP contribution in [0.2, 0.25) is 0 Å². The summed E-state index contributed by atoms with van der Waals surface area (Å²) in [5, 5.41) is 3.05. The van der Waals surface area contributed by atoms with E-state index in [2.05, 4.69) is 17.1 Å². The van der Waals surface area contributed by atoms with Gasteiger partial charge in [0, 0.05) is 25.3 Å². The molecule has 0 bridgehead atoms. The van der Waals surface area contributed by atoms with Gasteiger partial charge in [-0.25, -0.2) is 0 Å². The Morgan fingerprint density at radius 3 is 2.81 bits per heavy atom. The first-order valence-electron chi connectivity index (χ1n) is 7.16. The fourth-order valence-electron chi connectivity index (χ4n) is 2.46. The summed E-state index contributed by atoms with van der Waals surface area (Å²) in [7, 11) is 0. The highest BCUT2D eigenvalue weighted by Gasteiger charge is 2.32. The minimum atomic E-state index is -4.32. The van der Waals surface area contributed by atoms with Gasteiger partial charge >= 0.3 is 6.18 Å².